The first-order chi connectivity index (χ1) is 13.5. The summed E-state index contributed by atoms with van der Waals surface area (Å²) in [6.07, 6.45) is 1.51. The molecule has 0 aliphatic carbocycles. The Bertz CT molecular complexity index is 918. The Morgan fingerprint density at radius 3 is 2.75 bits per heavy atom. The molecular formula is C19H18BrN3O5. The Labute approximate surface area is 170 Å². The highest BCUT2D eigenvalue weighted by Gasteiger charge is 2.35. The van der Waals surface area contributed by atoms with E-state index in [9.17, 15) is 14.4 Å². The molecule has 0 fully saturated rings. The van der Waals surface area contributed by atoms with E-state index in [4.69, 9.17) is 9.47 Å². The van der Waals surface area contributed by atoms with Gasteiger partial charge in [-0.25, -0.2) is 4.98 Å². The standard InChI is InChI=1S/C19H18BrN3O5/c1-27-9-10-28-17-15(3-2-7-21-17)22-16(24)6-8-23-18(25)13-5-4-12(20)11-14(13)19(23)26/h2-5,7,11H,6,8-10H2,1H3,(H,22,24). The highest BCUT2D eigenvalue weighted by atomic mass is 79.9. The van der Waals surface area contributed by atoms with Crippen LogP contribution in [0.5, 0.6) is 5.88 Å². The van der Waals surface area contributed by atoms with Crippen molar-refractivity contribution in [1.29, 1.82) is 0 Å². The summed E-state index contributed by atoms with van der Waals surface area (Å²) in [6, 6.07) is 8.23. The molecule has 0 radical (unpaired) electrons. The quantitative estimate of drug-likeness (QED) is 0.493. The molecule has 2 aromatic rings. The van der Waals surface area contributed by atoms with Crippen molar-refractivity contribution >= 4 is 39.3 Å². The molecule has 3 rings (SSSR count). The number of carbonyl (C=O) groups is 3. The first-order valence-corrected chi connectivity index (χ1v) is 9.33. The van der Waals surface area contributed by atoms with Gasteiger partial charge in [-0.1, -0.05) is 15.9 Å². The summed E-state index contributed by atoms with van der Waals surface area (Å²) in [7, 11) is 1.56. The van der Waals surface area contributed by atoms with E-state index >= 15 is 0 Å². The van der Waals surface area contributed by atoms with Crippen LogP contribution in [-0.4, -0.2) is 54.5 Å². The number of nitrogens with zero attached hydrogens (tertiary/aromatic N) is 2. The average molecular weight is 448 g/mol. The van der Waals surface area contributed by atoms with Crippen molar-refractivity contribution in [1.82, 2.24) is 9.88 Å². The van der Waals surface area contributed by atoms with Crippen LogP contribution in [0.2, 0.25) is 0 Å². The zero-order valence-corrected chi connectivity index (χ0v) is 16.7. The molecule has 1 aromatic heterocycles. The molecule has 0 bridgehead atoms. The largest absolute Gasteiger partial charge is 0.474 e. The zero-order valence-electron chi connectivity index (χ0n) is 15.1. The molecule has 2 heterocycles. The second kappa shape index (κ2) is 8.94. The van der Waals surface area contributed by atoms with Gasteiger partial charge in [-0.05, 0) is 30.3 Å². The van der Waals surface area contributed by atoms with E-state index in [1.165, 1.54) is 0 Å². The SMILES string of the molecule is COCCOc1ncccc1NC(=O)CCN1C(=O)c2ccc(Br)cc2C1=O. The third-order valence-electron chi connectivity index (χ3n) is 4.07. The summed E-state index contributed by atoms with van der Waals surface area (Å²) in [4.78, 5) is 42.3. The minimum atomic E-state index is -0.404. The number of nitrogens with one attached hydrogen (secondary N) is 1. The Morgan fingerprint density at radius 2 is 1.96 bits per heavy atom. The van der Waals surface area contributed by atoms with Gasteiger partial charge >= 0.3 is 0 Å². The molecule has 1 N–H and O–H groups in total. The van der Waals surface area contributed by atoms with Gasteiger partial charge < -0.3 is 14.8 Å². The summed E-state index contributed by atoms with van der Waals surface area (Å²) in [5, 5.41) is 2.70. The van der Waals surface area contributed by atoms with Gasteiger partial charge in [0, 0.05) is 30.7 Å². The lowest BCUT2D eigenvalue weighted by molar-refractivity contribution is -0.116. The number of hydrogen-bond acceptors (Lipinski definition) is 6. The lowest BCUT2D eigenvalue weighted by Gasteiger charge is -2.14. The monoisotopic (exact) mass is 447 g/mol. The second-order valence-corrected chi connectivity index (χ2v) is 6.86. The summed E-state index contributed by atoms with van der Waals surface area (Å²) < 4.78 is 11.1. The fraction of sp³-hybridized carbons (Fsp3) is 0.263. The third-order valence-corrected chi connectivity index (χ3v) is 4.56. The van der Waals surface area contributed by atoms with Crippen LogP contribution in [0.25, 0.3) is 0 Å². The number of hydrogen-bond donors (Lipinski definition) is 1. The van der Waals surface area contributed by atoms with Crippen LogP contribution in [0, 0.1) is 0 Å². The molecule has 9 heteroatoms. The number of rotatable bonds is 8. The summed E-state index contributed by atoms with van der Waals surface area (Å²) in [6.45, 7) is 0.663. The lowest BCUT2D eigenvalue weighted by atomic mass is 10.1. The average Bonchev–Trinajstić information content (AvgIpc) is 2.91. The Balaban J connectivity index is 1.60. The fourth-order valence-corrected chi connectivity index (χ4v) is 3.08. The molecule has 0 saturated heterocycles. The first kappa shape index (κ1) is 20.0. The number of halogens is 1. The smallest absolute Gasteiger partial charge is 0.261 e. The summed E-state index contributed by atoms with van der Waals surface area (Å²) in [5.74, 6) is -0.884. The van der Waals surface area contributed by atoms with Crippen molar-refractivity contribution in [2.75, 3.05) is 32.2 Å². The zero-order chi connectivity index (χ0) is 20.1. The number of fused-ring (bicyclic) bond motifs is 1. The number of pyridine rings is 1. The Kier molecular flexibility index (Phi) is 6.37. The molecular weight excluding hydrogens is 430 g/mol. The van der Waals surface area contributed by atoms with Gasteiger partial charge in [0.05, 0.1) is 17.7 Å². The van der Waals surface area contributed by atoms with Crippen LogP contribution in [0.3, 0.4) is 0 Å². The fourth-order valence-electron chi connectivity index (χ4n) is 2.71. The van der Waals surface area contributed by atoms with Gasteiger partial charge in [0.1, 0.15) is 12.3 Å². The van der Waals surface area contributed by atoms with E-state index < -0.39 is 11.8 Å². The number of methoxy groups -OCH3 is 1. The Morgan fingerprint density at radius 1 is 1.18 bits per heavy atom. The molecule has 0 unspecified atom stereocenters. The second-order valence-electron chi connectivity index (χ2n) is 5.95. The van der Waals surface area contributed by atoms with Crippen molar-refractivity contribution in [3.05, 3.63) is 52.1 Å². The predicted octanol–water partition coefficient (Wildman–Crippen LogP) is 2.49. The lowest BCUT2D eigenvalue weighted by Crippen LogP contribution is -2.32. The molecule has 146 valence electrons. The topological polar surface area (TPSA) is 97.8 Å². The normalized spacial score (nSPS) is 12.9. The minimum Gasteiger partial charge on any atom is -0.474 e. The van der Waals surface area contributed by atoms with Crippen molar-refractivity contribution < 1.29 is 23.9 Å². The number of ether oxygens (including phenoxy) is 2. The van der Waals surface area contributed by atoms with Crippen molar-refractivity contribution in [2.45, 2.75) is 6.42 Å². The number of amides is 3. The molecule has 28 heavy (non-hydrogen) atoms. The van der Waals surface area contributed by atoms with Crippen LogP contribution in [0.4, 0.5) is 5.69 Å². The number of aromatic nitrogens is 1. The van der Waals surface area contributed by atoms with Crippen LogP contribution < -0.4 is 10.1 Å². The van der Waals surface area contributed by atoms with Gasteiger partial charge in [0.15, 0.2) is 0 Å². The maximum absolute atomic E-state index is 12.4. The van der Waals surface area contributed by atoms with Gasteiger partial charge in [0.25, 0.3) is 11.8 Å². The van der Waals surface area contributed by atoms with Crippen LogP contribution in [0.15, 0.2) is 41.0 Å². The van der Waals surface area contributed by atoms with Gasteiger partial charge in [-0.2, -0.15) is 0 Å². The van der Waals surface area contributed by atoms with E-state index in [-0.39, 0.29) is 24.8 Å². The Hall–Kier alpha value is -2.78. The summed E-state index contributed by atoms with van der Waals surface area (Å²) >= 11 is 3.29. The van der Waals surface area contributed by atoms with E-state index in [2.05, 4.69) is 26.2 Å². The van der Waals surface area contributed by atoms with E-state index in [0.29, 0.717) is 34.5 Å². The molecule has 0 atom stereocenters. The van der Waals surface area contributed by atoms with Gasteiger partial charge in [0.2, 0.25) is 11.8 Å². The molecule has 1 aromatic carbocycles. The van der Waals surface area contributed by atoms with Crippen molar-refractivity contribution in [3.8, 4) is 5.88 Å². The number of imide groups is 1. The van der Waals surface area contributed by atoms with Gasteiger partial charge in [-0.3, -0.25) is 19.3 Å². The molecule has 1 aliphatic rings. The predicted molar refractivity (Wildman–Crippen MR) is 104 cm³/mol. The van der Waals surface area contributed by atoms with E-state index in [1.54, 1.807) is 43.6 Å². The van der Waals surface area contributed by atoms with Crippen molar-refractivity contribution in [3.63, 3.8) is 0 Å². The van der Waals surface area contributed by atoms with E-state index in [0.717, 1.165) is 4.90 Å². The van der Waals surface area contributed by atoms with Crippen LogP contribution >= 0.6 is 15.9 Å². The minimum absolute atomic E-state index is 0.0179. The van der Waals surface area contributed by atoms with E-state index in [1.807, 2.05) is 0 Å². The highest BCUT2D eigenvalue weighted by molar-refractivity contribution is 9.10. The summed E-state index contributed by atoms with van der Waals surface area (Å²) in [5.41, 5.74) is 1.09. The molecule has 3 amide bonds. The number of carbonyl (C=O) groups excluding carboxylic acids is 3. The number of benzene rings is 1. The maximum atomic E-state index is 12.4. The van der Waals surface area contributed by atoms with Crippen LogP contribution in [0.1, 0.15) is 27.1 Å². The van der Waals surface area contributed by atoms with Crippen LogP contribution in [-0.2, 0) is 9.53 Å². The molecule has 8 nitrogen and oxygen atoms in total. The van der Waals surface area contributed by atoms with Crippen molar-refractivity contribution in [2.24, 2.45) is 0 Å². The van der Waals surface area contributed by atoms with Gasteiger partial charge in [-0.15, -0.1) is 0 Å². The number of anilines is 1. The third kappa shape index (κ3) is 4.37. The maximum Gasteiger partial charge on any atom is 0.261 e. The molecule has 0 spiro atoms. The highest BCUT2D eigenvalue weighted by Crippen LogP contribution is 2.26. The first-order valence-electron chi connectivity index (χ1n) is 8.53. The molecule has 0 saturated carbocycles. The molecule has 1 aliphatic heterocycles.